The third-order valence-corrected chi connectivity index (χ3v) is 4.75. The molecule has 2 N–H and O–H groups in total. The zero-order valence-corrected chi connectivity index (χ0v) is 19.0. The number of carbonyl (C=O) groups excluding carboxylic acids is 3. The van der Waals surface area contributed by atoms with Crippen molar-refractivity contribution in [1.29, 1.82) is 0 Å². The first-order valence-corrected chi connectivity index (χ1v) is 10.0. The highest BCUT2D eigenvalue weighted by molar-refractivity contribution is 6.00. The number of methoxy groups -OCH3 is 3. The van der Waals surface area contributed by atoms with Gasteiger partial charge in [0.2, 0.25) is 17.6 Å². The van der Waals surface area contributed by atoms with Gasteiger partial charge in [-0.25, -0.2) is 0 Å². The predicted octanol–water partition coefficient (Wildman–Crippen LogP) is 2.45. The number of hydrogen-bond acceptors (Lipinski definition) is 6. The van der Waals surface area contributed by atoms with Crippen LogP contribution in [-0.4, -0.2) is 57.0 Å². The predicted molar refractivity (Wildman–Crippen MR) is 120 cm³/mol. The van der Waals surface area contributed by atoms with Crippen molar-refractivity contribution in [3.63, 3.8) is 0 Å². The van der Waals surface area contributed by atoms with Gasteiger partial charge < -0.3 is 29.7 Å². The quantitative estimate of drug-likeness (QED) is 0.584. The second-order valence-electron chi connectivity index (χ2n) is 6.88. The molecular formula is C23H29N3O6. The van der Waals surface area contributed by atoms with E-state index in [-0.39, 0.29) is 23.9 Å². The van der Waals surface area contributed by atoms with E-state index < -0.39 is 5.91 Å². The molecule has 9 nitrogen and oxygen atoms in total. The standard InChI is InChI=1S/C23H29N3O6/c1-6-26(15(2)27)14-16-8-7-9-18(10-16)25-21(28)13-24-23(29)17-11-19(30-3)22(32-5)20(12-17)31-4/h7-12H,6,13-14H2,1-5H3,(H,24,29)(H,25,28). The molecule has 0 aliphatic heterocycles. The molecule has 0 spiro atoms. The van der Waals surface area contributed by atoms with Crippen LogP contribution in [-0.2, 0) is 16.1 Å². The first kappa shape index (κ1) is 24.5. The summed E-state index contributed by atoms with van der Waals surface area (Å²) in [7, 11) is 4.38. The zero-order valence-electron chi connectivity index (χ0n) is 19.0. The van der Waals surface area contributed by atoms with E-state index in [2.05, 4.69) is 10.6 Å². The van der Waals surface area contributed by atoms with E-state index >= 15 is 0 Å². The van der Waals surface area contributed by atoms with Crippen molar-refractivity contribution in [3.05, 3.63) is 47.5 Å². The average Bonchev–Trinajstić information content (AvgIpc) is 2.79. The van der Waals surface area contributed by atoms with Gasteiger partial charge in [0.25, 0.3) is 5.91 Å². The van der Waals surface area contributed by atoms with Crippen LogP contribution in [0.1, 0.15) is 29.8 Å². The summed E-state index contributed by atoms with van der Waals surface area (Å²) < 4.78 is 15.7. The summed E-state index contributed by atoms with van der Waals surface area (Å²) in [5, 5.41) is 5.32. The van der Waals surface area contributed by atoms with Crippen LogP contribution in [0.25, 0.3) is 0 Å². The van der Waals surface area contributed by atoms with Crippen molar-refractivity contribution in [1.82, 2.24) is 10.2 Å². The van der Waals surface area contributed by atoms with E-state index in [4.69, 9.17) is 14.2 Å². The molecule has 0 aromatic heterocycles. The Morgan fingerprint density at radius 1 is 0.969 bits per heavy atom. The van der Waals surface area contributed by atoms with E-state index in [0.29, 0.717) is 36.0 Å². The molecule has 2 aromatic rings. The molecule has 0 heterocycles. The molecule has 0 saturated carbocycles. The Labute approximate surface area is 187 Å². The molecule has 0 radical (unpaired) electrons. The van der Waals surface area contributed by atoms with Crippen LogP contribution < -0.4 is 24.8 Å². The molecule has 0 unspecified atom stereocenters. The van der Waals surface area contributed by atoms with Gasteiger partial charge in [0.15, 0.2) is 11.5 Å². The molecule has 0 bridgehead atoms. The molecule has 0 fully saturated rings. The van der Waals surface area contributed by atoms with E-state index in [1.807, 2.05) is 13.0 Å². The van der Waals surface area contributed by atoms with Crippen LogP contribution >= 0.6 is 0 Å². The van der Waals surface area contributed by atoms with E-state index in [1.54, 1.807) is 23.1 Å². The number of ether oxygens (including phenoxy) is 3. The fourth-order valence-electron chi connectivity index (χ4n) is 3.09. The smallest absolute Gasteiger partial charge is 0.251 e. The summed E-state index contributed by atoms with van der Waals surface area (Å²) >= 11 is 0. The lowest BCUT2D eigenvalue weighted by atomic mass is 10.1. The molecule has 2 aromatic carbocycles. The maximum atomic E-state index is 12.5. The molecule has 0 atom stereocenters. The molecule has 172 valence electrons. The van der Waals surface area contributed by atoms with Gasteiger partial charge >= 0.3 is 0 Å². The molecule has 2 rings (SSSR count). The highest BCUT2D eigenvalue weighted by atomic mass is 16.5. The highest BCUT2D eigenvalue weighted by Gasteiger charge is 2.17. The Morgan fingerprint density at radius 2 is 1.62 bits per heavy atom. The molecule has 3 amide bonds. The summed E-state index contributed by atoms with van der Waals surface area (Å²) in [5.74, 6) is 0.178. The SMILES string of the molecule is CCN(Cc1cccc(NC(=O)CNC(=O)c2cc(OC)c(OC)c(OC)c2)c1)C(C)=O. The van der Waals surface area contributed by atoms with Gasteiger partial charge in [-0.05, 0) is 36.8 Å². The molecular weight excluding hydrogens is 414 g/mol. The molecule has 0 aliphatic carbocycles. The number of anilines is 1. The van der Waals surface area contributed by atoms with Crippen LogP contribution in [0.4, 0.5) is 5.69 Å². The van der Waals surface area contributed by atoms with Crippen molar-refractivity contribution in [2.24, 2.45) is 0 Å². The Hall–Kier alpha value is -3.75. The normalized spacial score (nSPS) is 10.2. The van der Waals surface area contributed by atoms with Gasteiger partial charge in [0, 0.05) is 31.3 Å². The monoisotopic (exact) mass is 443 g/mol. The van der Waals surface area contributed by atoms with Crippen molar-refractivity contribution in [2.75, 3.05) is 39.7 Å². The van der Waals surface area contributed by atoms with Crippen LogP contribution in [0.5, 0.6) is 17.2 Å². The number of benzene rings is 2. The lowest BCUT2D eigenvalue weighted by Crippen LogP contribution is -2.33. The van der Waals surface area contributed by atoms with Gasteiger partial charge in [-0.15, -0.1) is 0 Å². The van der Waals surface area contributed by atoms with Crippen LogP contribution in [0.3, 0.4) is 0 Å². The number of rotatable bonds is 10. The third-order valence-electron chi connectivity index (χ3n) is 4.75. The first-order chi connectivity index (χ1) is 15.3. The summed E-state index contributed by atoms with van der Waals surface area (Å²) in [6, 6.07) is 10.2. The lowest BCUT2D eigenvalue weighted by Gasteiger charge is -2.19. The summed E-state index contributed by atoms with van der Waals surface area (Å²) in [6.07, 6.45) is 0. The lowest BCUT2D eigenvalue weighted by molar-refractivity contribution is -0.129. The second kappa shape index (κ2) is 11.6. The Kier molecular flexibility index (Phi) is 8.88. The fourth-order valence-corrected chi connectivity index (χ4v) is 3.09. The van der Waals surface area contributed by atoms with Crippen molar-refractivity contribution in [2.45, 2.75) is 20.4 Å². The summed E-state index contributed by atoms with van der Waals surface area (Å²) in [4.78, 5) is 38.2. The summed E-state index contributed by atoms with van der Waals surface area (Å²) in [6.45, 7) is 4.25. The Balaban J connectivity index is 2.01. The number of carbonyl (C=O) groups is 3. The third kappa shape index (κ3) is 6.37. The summed E-state index contributed by atoms with van der Waals surface area (Å²) in [5.41, 5.74) is 1.73. The fraction of sp³-hybridized carbons (Fsp3) is 0.348. The maximum Gasteiger partial charge on any atom is 0.251 e. The number of nitrogens with zero attached hydrogens (tertiary/aromatic N) is 1. The van der Waals surface area contributed by atoms with Crippen LogP contribution in [0.15, 0.2) is 36.4 Å². The largest absolute Gasteiger partial charge is 0.493 e. The van der Waals surface area contributed by atoms with Gasteiger partial charge in [-0.1, -0.05) is 12.1 Å². The van der Waals surface area contributed by atoms with Crippen LogP contribution in [0, 0.1) is 0 Å². The zero-order chi connectivity index (χ0) is 23.7. The minimum absolute atomic E-state index is 0.0172. The van der Waals surface area contributed by atoms with Crippen molar-refractivity contribution >= 4 is 23.4 Å². The molecule has 32 heavy (non-hydrogen) atoms. The second-order valence-corrected chi connectivity index (χ2v) is 6.88. The highest BCUT2D eigenvalue weighted by Crippen LogP contribution is 2.38. The molecule has 0 aliphatic rings. The van der Waals surface area contributed by atoms with Gasteiger partial charge in [0.1, 0.15) is 0 Å². The minimum Gasteiger partial charge on any atom is -0.493 e. The van der Waals surface area contributed by atoms with Crippen LogP contribution in [0.2, 0.25) is 0 Å². The number of nitrogens with one attached hydrogen (secondary N) is 2. The Bertz CT molecular complexity index is 951. The van der Waals surface area contributed by atoms with Crippen molar-refractivity contribution < 1.29 is 28.6 Å². The maximum absolute atomic E-state index is 12.5. The van der Waals surface area contributed by atoms with Gasteiger partial charge in [-0.2, -0.15) is 0 Å². The minimum atomic E-state index is -0.465. The van der Waals surface area contributed by atoms with Crippen molar-refractivity contribution in [3.8, 4) is 17.2 Å². The topological polar surface area (TPSA) is 106 Å². The first-order valence-electron chi connectivity index (χ1n) is 10.0. The van der Waals surface area contributed by atoms with E-state index in [9.17, 15) is 14.4 Å². The van der Waals surface area contributed by atoms with E-state index in [0.717, 1.165) is 5.56 Å². The average molecular weight is 444 g/mol. The number of hydrogen-bond donors (Lipinski definition) is 2. The molecule has 0 saturated heterocycles. The molecule has 9 heteroatoms. The van der Waals surface area contributed by atoms with Gasteiger partial charge in [0.05, 0.1) is 27.9 Å². The van der Waals surface area contributed by atoms with E-state index in [1.165, 1.54) is 40.4 Å². The van der Waals surface area contributed by atoms with Gasteiger partial charge in [-0.3, -0.25) is 14.4 Å². The number of amides is 3. The Morgan fingerprint density at radius 3 is 2.16 bits per heavy atom.